The SMILES string of the molecule is CCOC(=O)c1ccccc1NC(=O)CN1CCC[C@@H](C(F)(F)F)C1. The van der Waals surface area contributed by atoms with Gasteiger partial charge in [-0.25, -0.2) is 4.79 Å². The van der Waals surface area contributed by atoms with Crippen LogP contribution in [0.5, 0.6) is 0 Å². The fourth-order valence-electron chi connectivity index (χ4n) is 2.84. The average Bonchev–Trinajstić information content (AvgIpc) is 2.55. The molecule has 8 heteroatoms. The number of benzene rings is 1. The molecule has 1 aliphatic rings. The number of carbonyl (C=O) groups is 2. The van der Waals surface area contributed by atoms with Gasteiger partial charge in [0.15, 0.2) is 0 Å². The summed E-state index contributed by atoms with van der Waals surface area (Å²) >= 11 is 0. The predicted octanol–water partition coefficient (Wildman–Crippen LogP) is 3.08. The molecule has 1 fully saturated rings. The Morgan fingerprint density at radius 2 is 2.04 bits per heavy atom. The van der Waals surface area contributed by atoms with E-state index in [0.29, 0.717) is 13.0 Å². The van der Waals surface area contributed by atoms with Crippen molar-refractivity contribution in [2.45, 2.75) is 25.9 Å². The quantitative estimate of drug-likeness (QED) is 0.822. The second-order valence-electron chi connectivity index (χ2n) is 5.93. The predicted molar refractivity (Wildman–Crippen MR) is 86.2 cm³/mol. The average molecular weight is 358 g/mol. The van der Waals surface area contributed by atoms with Gasteiger partial charge < -0.3 is 10.1 Å². The van der Waals surface area contributed by atoms with Crippen molar-refractivity contribution in [2.75, 3.05) is 31.6 Å². The number of piperidine rings is 1. The Morgan fingerprint density at radius 1 is 1.32 bits per heavy atom. The van der Waals surface area contributed by atoms with Crippen LogP contribution in [0.1, 0.15) is 30.1 Å². The molecule has 25 heavy (non-hydrogen) atoms. The van der Waals surface area contributed by atoms with Crippen LogP contribution in [0.4, 0.5) is 18.9 Å². The van der Waals surface area contributed by atoms with Crippen LogP contribution in [0.25, 0.3) is 0 Å². The minimum absolute atomic E-state index is 0.0906. The zero-order valence-corrected chi connectivity index (χ0v) is 13.9. The zero-order chi connectivity index (χ0) is 18.4. The van der Waals surface area contributed by atoms with Crippen molar-refractivity contribution in [1.29, 1.82) is 0 Å². The molecule has 0 bridgehead atoms. The molecule has 1 saturated heterocycles. The monoisotopic (exact) mass is 358 g/mol. The van der Waals surface area contributed by atoms with Crippen LogP contribution < -0.4 is 5.32 Å². The number of likely N-dealkylation sites (tertiary alicyclic amines) is 1. The molecule has 1 aromatic carbocycles. The van der Waals surface area contributed by atoms with Crippen molar-refractivity contribution in [1.82, 2.24) is 4.90 Å². The molecular weight excluding hydrogens is 337 g/mol. The Hall–Kier alpha value is -2.09. The summed E-state index contributed by atoms with van der Waals surface area (Å²) in [4.78, 5) is 25.6. The fourth-order valence-corrected chi connectivity index (χ4v) is 2.84. The van der Waals surface area contributed by atoms with Gasteiger partial charge in [0.2, 0.25) is 5.91 Å². The van der Waals surface area contributed by atoms with Crippen LogP contribution >= 0.6 is 0 Å². The number of alkyl halides is 3. The first-order valence-electron chi connectivity index (χ1n) is 8.16. The highest BCUT2D eigenvalue weighted by Gasteiger charge is 2.41. The van der Waals surface area contributed by atoms with Gasteiger partial charge in [-0.15, -0.1) is 0 Å². The standard InChI is InChI=1S/C17H21F3N2O3/c1-2-25-16(24)13-7-3-4-8-14(13)21-15(23)11-22-9-5-6-12(10-22)17(18,19)20/h3-4,7-8,12H,2,5-6,9-11H2,1H3,(H,21,23)/t12-/m1/s1. The third-order valence-electron chi connectivity index (χ3n) is 4.03. The van der Waals surface area contributed by atoms with E-state index in [2.05, 4.69) is 5.32 Å². The van der Waals surface area contributed by atoms with E-state index in [-0.39, 0.29) is 37.4 Å². The maximum atomic E-state index is 12.8. The van der Waals surface area contributed by atoms with E-state index in [4.69, 9.17) is 4.74 Å². The lowest BCUT2D eigenvalue weighted by Crippen LogP contribution is -2.44. The maximum Gasteiger partial charge on any atom is 0.393 e. The smallest absolute Gasteiger partial charge is 0.393 e. The van der Waals surface area contributed by atoms with Gasteiger partial charge >= 0.3 is 12.1 Å². The fraction of sp³-hybridized carbons (Fsp3) is 0.529. The Balaban J connectivity index is 1.98. The zero-order valence-electron chi connectivity index (χ0n) is 13.9. The summed E-state index contributed by atoms with van der Waals surface area (Å²) < 4.78 is 43.4. The number of para-hydroxylation sites is 1. The van der Waals surface area contributed by atoms with Crippen molar-refractivity contribution in [2.24, 2.45) is 5.92 Å². The molecule has 1 aliphatic heterocycles. The second-order valence-corrected chi connectivity index (χ2v) is 5.93. The van der Waals surface area contributed by atoms with E-state index in [1.54, 1.807) is 25.1 Å². The molecule has 0 unspecified atom stereocenters. The van der Waals surface area contributed by atoms with Crippen LogP contribution in [0, 0.1) is 5.92 Å². The Morgan fingerprint density at radius 3 is 2.72 bits per heavy atom. The number of carbonyl (C=O) groups excluding carboxylic acids is 2. The highest BCUT2D eigenvalue weighted by molar-refractivity contribution is 6.01. The van der Waals surface area contributed by atoms with Gasteiger partial charge in [0, 0.05) is 6.54 Å². The van der Waals surface area contributed by atoms with Gasteiger partial charge in [0.25, 0.3) is 0 Å². The largest absolute Gasteiger partial charge is 0.462 e. The Labute approximate surface area is 144 Å². The molecule has 138 valence electrons. The summed E-state index contributed by atoms with van der Waals surface area (Å²) in [5, 5.41) is 2.59. The summed E-state index contributed by atoms with van der Waals surface area (Å²) in [5.41, 5.74) is 0.500. The van der Waals surface area contributed by atoms with Gasteiger partial charge in [0.1, 0.15) is 0 Å². The first-order chi connectivity index (χ1) is 11.8. The van der Waals surface area contributed by atoms with Gasteiger partial charge in [-0.3, -0.25) is 9.69 Å². The molecule has 1 heterocycles. The topological polar surface area (TPSA) is 58.6 Å². The summed E-state index contributed by atoms with van der Waals surface area (Å²) in [6.45, 7) is 1.99. The number of hydrogen-bond donors (Lipinski definition) is 1. The lowest BCUT2D eigenvalue weighted by atomic mass is 9.97. The van der Waals surface area contributed by atoms with Crippen molar-refractivity contribution in [3.05, 3.63) is 29.8 Å². The number of nitrogens with zero attached hydrogens (tertiary/aromatic N) is 1. The van der Waals surface area contributed by atoms with E-state index in [1.165, 1.54) is 11.0 Å². The van der Waals surface area contributed by atoms with Gasteiger partial charge in [0.05, 0.1) is 30.3 Å². The molecule has 0 spiro atoms. The summed E-state index contributed by atoms with van der Waals surface area (Å²) in [6.07, 6.45) is -3.75. The summed E-state index contributed by atoms with van der Waals surface area (Å²) in [5.74, 6) is -2.42. The molecular formula is C17H21F3N2O3. The molecule has 0 saturated carbocycles. The minimum atomic E-state index is -4.24. The van der Waals surface area contributed by atoms with Crippen molar-refractivity contribution in [3.8, 4) is 0 Å². The molecule has 1 aromatic rings. The first kappa shape index (κ1) is 19.2. The molecule has 0 radical (unpaired) electrons. The number of rotatable bonds is 5. The van der Waals surface area contributed by atoms with Crippen molar-refractivity contribution in [3.63, 3.8) is 0 Å². The highest BCUT2D eigenvalue weighted by Crippen LogP contribution is 2.33. The number of ether oxygens (including phenoxy) is 1. The lowest BCUT2D eigenvalue weighted by molar-refractivity contribution is -0.186. The normalized spacial score (nSPS) is 18.6. The molecule has 0 aliphatic carbocycles. The van der Waals surface area contributed by atoms with Gasteiger partial charge in [-0.05, 0) is 38.4 Å². The van der Waals surface area contributed by atoms with Crippen LogP contribution in [0.3, 0.4) is 0 Å². The number of amides is 1. The number of hydrogen-bond acceptors (Lipinski definition) is 4. The van der Waals surface area contributed by atoms with E-state index < -0.39 is 24.0 Å². The number of esters is 1. The lowest BCUT2D eigenvalue weighted by Gasteiger charge is -2.33. The number of anilines is 1. The van der Waals surface area contributed by atoms with Crippen molar-refractivity contribution >= 4 is 17.6 Å². The molecule has 5 nitrogen and oxygen atoms in total. The van der Waals surface area contributed by atoms with E-state index in [1.807, 2.05) is 0 Å². The first-order valence-corrected chi connectivity index (χ1v) is 8.16. The number of nitrogens with one attached hydrogen (secondary N) is 1. The van der Waals surface area contributed by atoms with Gasteiger partial charge in [-0.2, -0.15) is 13.2 Å². The van der Waals surface area contributed by atoms with Crippen molar-refractivity contribution < 1.29 is 27.5 Å². The van der Waals surface area contributed by atoms with E-state index in [0.717, 1.165) is 0 Å². The molecule has 0 aromatic heterocycles. The number of halogens is 3. The molecule has 1 amide bonds. The molecule has 1 atom stereocenters. The third kappa shape index (κ3) is 5.45. The van der Waals surface area contributed by atoms with Gasteiger partial charge in [-0.1, -0.05) is 12.1 Å². The van der Waals surface area contributed by atoms with Crippen LogP contribution in [0.15, 0.2) is 24.3 Å². The highest BCUT2D eigenvalue weighted by atomic mass is 19.4. The van der Waals surface area contributed by atoms with Crippen LogP contribution in [0.2, 0.25) is 0 Å². The van der Waals surface area contributed by atoms with E-state index >= 15 is 0 Å². The van der Waals surface area contributed by atoms with Crippen LogP contribution in [-0.2, 0) is 9.53 Å². The summed E-state index contributed by atoms with van der Waals surface area (Å²) in [7, 11) is 0. The minimum Gasteiger partial charge on any atom is -0.462 e. The van der Waals surface area contributed by atoms with E-state index in [9.17, 15) is 22.8 Å². The second kappa shape index (κ2) is 8.33. The Bertz CT molecular complexity index is 619. The summed E-state index contributed by atoms with van der Waals surface area (Å²) in [6, 6.07) is 6.37. The van der Waals surface area contributed by atoms with Crippen LogP contribution in [-0.4, -0.2) is 49.2 Å². The molecule has 1 N–H and O–H groups in total. The Kier molecular flexibility index (Phi) is 6.41. The molecule has 2 rings (SSSR count). The maximum absolute atomic E-state index is 12.8. The third-order valence-corrected chi connectivity index (χ3v) is 4.03.